The van der Waals surface area contributed by atoms with Gasteiger partial charge in [0.2, 0.25) is 0 Å². The molecule has 1 aromatic rings. The first-order chi connectivity index (χ1) is 13.6. The summed E-state index contributed by atoms with van der Waals surface area (Å²) >= 11 is 1.62. The number of esters is 2. The van der Waals surface area contributed by atoms with E-state index < -0.39 is 5.97 Å². The average molecular weight is 393 g/mol. The maximum Gasteiger partial charge on any atom is 0.347 e. The summed E-state index contributed by atoms with van der Waals surface area (Å²) in [5, 5.41) is 4.08. The van der Waals surface area contributed by atoms with Crippen molar-refractivity contribution < 1.29 is 14.3 Å². The van der Waals surface area contributed by atoms with Gasteiger partial charge in [-0.2, -0.15) is 11.3 Å². The van der Waals surface area contributed by atoms with Crippen LogP contribution in [0.4, 0.5) is 0 Å². The summed E-state index contributed by atoms with van der Waals surface area (Å²) in [6.45, 7) is 1.98. The number of carbonyl (C=O) groups is 2. The predicted octanol–water partition coefficient (Wildman–Crippen LogP) is 4.85. The Labute approximate surface area is 168 Å². The average Bonchev–Trinajstić information content (AvgIpc) is 3.32. The highest BCUT2D eigenvalue weighted by molar-refractivity contribution is 7.08. The normalized spacial score (nSPS) is 49.3. The van der Waals surface area contributed by atoms with Crippen LogP contribution in [0.1, 0.15) is 44.6 Å². The Hall–Kier alpha value is -1.68. The van der Waals surface area contributed by atoms with Gasteiger partial charge in [0.25, 0.3) is 0 Å². The molecule has 28 heavy (non-hydrogen) atoms. The summed E-state index contributed by atoms with van der Waals surface area (Å²) in [4.78, 5) is 25.7. The molecule has 0 aromatic carbocycles. The fraction of sp³-hybridized carbons (Fsp3) is 0.583. The van der Waals surface area contributed by atoms with Crippen LogP contribution in [0.15, 0.2) is 33.5 Å². The van der Waals surface area contributed by atoms with Gasteiger partial charge in [-0.15, -0.1) is 0 Å². The van der Waals surface area contributed by atoms with Gasteiger partial charge in [0, 0.05) is 0 Å². The zero-order valence-corrected chi connectivity index (χ0v) is 16.8. The zero-order chi connectivity index (χ0) is 18.7. The van der Waals surface area contributed by atoms with Crippen LogP contribution in [0.2, 0.25) is 0 Å². The minimum absolute atomic E-state index is 0.375. The van der Waals surface area contributed by atoms with Gasteiger partial charge in [-0.1, -0.05) is 0 Å². The first kappa shape index (κ1) is 16.2. The Balaban J connectivity index is 1.45. The summed E-state index contributed by atoms with van der Waals surface area (Å²) in [6, 6.07) is 2.03. The molecular formula is C24H24O3S. The van der Waals surface area contributed by atoms with E-state index in [0.29, 0.717) is 23.0 Å². The fourth-order valence-electron chi connectivity index (χ4n) is 8.66. The van der Waals surface area contributed by atoms with Crippen LogP contribution in [0.5, 0.6) is 0 Å². The highest BCUT2D eigenvalue weighted by Gasteiger charge is 2.66. The van der Waals surface area contributed by atoms with Crippen molar-refractivity contribution in [3.8, 4) is 0 Å². The lowest BCUT2D eigenvalue weighted by Gasteiger charge is -2.70. The van der Waals surface area contributed by atoms with Crippen LogP contribution in [0.25, 0.3) is 5.57 Å². The van der Waals surface area contributed by atoms with Crippen molar-refractivity contribution in [2.45, 2.75) is 39.0 Å². The smallest absolute Gasteiger partial charge is 0.347 e. The van der Waals surface area contributed by atoms with Crippen molar-refractivity contribution in [2.75, 3.05) is 0 Å². The third-order valence-electron chi connectivity index (χ3n) is 9.31. The van der Waals surface area contributed by atoms with Crippen LogP contribution in [0, 0.1) is 47.3 Å². The van der Waals surface area contributed by atoms with Gasteiger partial charge in [0.1, 0.15) is 0 Å². The van der Waals surface area contributed by atoms with Crippen molar-refractivity contribution in [2.24, 2.45) is 47.3 Å². The van der Waals surface area contributed by atoms with Gasteiger partial charge in [-0.05, 0) is 120 Å². The van der Waals surface area contributed by atoms with Gasteiger partial charge < -0.3 is 4.74 Å². The molecule has 2 heterocycles. The van der Waals surface area contributed by atoms with Crippen LogP contribution in [-0.2, 0) is 14.3 Å². The molecule has 4 atom stereocenters. The van der Waals surface area contributed by atoms with E-state index in [0.717, 1.165) is 46.6 Å². The van der Waals surface area contributed by atoms with Gasteiger partial charge >= 0.3 is 11.9 Å². The van der Waals surface area contributed by atoms with E-state index in [1.54, 1.807) is 11.3 Å². The minimum atomic E-state index is -0.432. The number of hydrogen-bond donors (Lipinski definition) is 0. The fourth-order valence-corrected chi connectivity index (χ4v) is 9.37. The second-order valence-electron chi connectivity index (χ2n) is 10.1. The molecule has 0 spiro atoms. The molecule has 3 nitrogen and oxygen atoms in total. The Morgan fingerprint density at radius 1 is 0.964 bits per heavy atom. The summed E-state index contributed by atoms with van der Waals surface area (Å²) < 4.78 is 5.22. The third-order valence-corrected chi connectivity index (χ3v) is 10.00. The van der Waals surface area contributed by atoms with E-state index in [1.807, 2.05) is 18.4 Å². The maximum absolute atomic E-state index is 13.0. The molecule has 7 aliphatic carbocycles. The Bertz CT molecular complexity index is 959. The molecule has 0 amide bonds. The second kappa shape index (κ2) is 5.27. The van der Waals surface area contributed by atoms with Crippen molar-refractivity contribution in [1.82, 2.24) is 0 Å². The van der Waals surface area contributed by atoms with Gasteiger partial charge in [0.15, 0.2) is 0 Å². The lowest BCUT2D eigenvalue weighted by molar-refractivity contribution is -0.177. The molecule has 4 unspecified atom stereocenters. The summed E-state index contributed by atoms with van der Waals surface area (Å²) in [6.07, 6.45) is 6.66. The lowest BCUT2D eigenvalue weighted by Crippen LogP contribution is -2.63. The monoisotopic (exact) mass is 392 g/mol. The molecular weight excluding hydrogens is 368 g/mol. The lowest BCUT2D eigenvalue weighted by atomic mass is 9.34. The highest BCUT2D eigenvalue weighted by atomic mass is 32.1. The van der Waals surface area contributed by atoms with E-state index in [-0.39, 0.29) is 5.97 Å². The first-order valence-corrected chi connectivity index (χ1v) is 11.8. The number of allylic oxidation sites excluding steroid dienone is 2. The van der Waals surface area contributed by atoms with E-state index in [1.165, 1.54) is 37.7 Å². The molecule has 1 saturated heterocycles. The van der Waals surface area contributed by atoms with E-state index in [9.17, 15) is 9.59 Å². The summed E-state index contributed by atoms with van der Waals surface area (Å²) in [7, 11) is 0. The number of thiophene rings is 1. The Kier molecular flexibility index (Phi) is 3.04. The van der Waals surface area contributed by atoms with Gasteiger partial charge in [-0.3, -0.25) is 0 Å². The van der Waals surface area contributed by atoms with Crippen molar-refractivity contribution >= 4 is 28.8 Å². The van der Waals surface area contributed by atoms with E-state index in [4.69, 9.17) is 4.74 Å². The molecule has 8 bridgehead atoms. The predicted molar refractivity (Wildman–Crippen MR) is 106 cm³/mol. The molecule has 4 heteroatoms. The van der Waals surface area contributed by atoms with Crippen molar-refractivity contribution in [3.63, 3.8) is 0 Å². The van der Waals surface area contributed by atoms with E-state index >= 15 is 0 Å². The summed E-state index contributed by atoms with van der Waals surface area (Å²) in [5.41, 5.74) is 4.51. The molecule has 144 valence electrons. The molecule has 7 saturated carbocycles. The largest absolute Gasteiger partial charge is 0.386 e. The van der Waals surface area contributed by atoms with E-state index in [2.05, 4.69) is 5.38 Å². The highest BCUT2D eigenvalue weighted by Crippen LogP contribution is 2.73. The van der Waals surface area contributed by atoms with Crippen molar-refractivity contribution in [1.29, 1.82) is 0 Å². The standard InChI is InChI=1S/C24H24O3S/c1-10(12-2-3-28-9-12)19-22(24(26)27-23(19)25)20-13-7-15-14-4-11-5-17(15)21(20)18(6-11)16(14)8-13/h2-3,9,11,13-18,21H,4-8H2,1H3/b19-10+,22-20?. The Morgan fingerprint density at radius 2 is 1.64 bits per heavy atom. The summed E-state index contributed by atoms with van der Waals surface area (Å²) in [5.74, 6) is 5.37. The maximum atomic E-state index is 13.0. The molecule has 0 radical (unpaired) electrons. The van der Waals surface area contributed by atoms with Gasteiger partial charge in [0.05, 0.1) is 11.1 Å². The van der Waals surface area contributed by atoms with Gasteiger partial charge in [-0.25, -0.2) is 9.59 Å². The zero-order valence-electron chi connectivity index (χ0n) is 16.0. The Morgan fingerprint density at radius 3 is 2.32 bits per heavy atom. The van der Waals surface area contributed by atoms with Crippen LogP contribution < -0.4 is 0 Å². The molecule has 0 N–H and O–H groups in total. The number of hydrogen-bond acceptors (Lipinski definition) is 4. The number of carbonyl (C=O) groups excluding carboxylic acids is 2. The molecule has 9 rings (SSSR count). The van der Waals surface area contributed by atoms with Crippen LogP contribution in [0.3, 0.4) is 0 Å². The molecule has 8 fully saturated rings. The molecule has 1 aromatic heterocycles. The SMILES string of the molecule is C/C(=C1\C(=O)OC(=O)C1=C1C2CC3C4CC5CC3C1C(C5)C4C2)c1ccsc1. The number of ether oxygens (including phenoxy) is 1. The number of rotatable bonds is 1. The topological polar surface area (TPSA) is 43.4 Å². The molecule has 8 aliphatic rings. The second-order valence-corrected chi connectivity index (χ2v) is 10.9. The van der Waals surface area contributed by atoms with Crippen LogP contribution in [-0.4, -0.2) is 11.9 Å². The first-order valence-electron chi connectivity index (χ1n) is 10.9. The third kappa shape index (κ3) is 1.82. The number of cyclic esters (lactones) is 2. The van der Waals surface area contributed by atoms with Crippen molar-refractivity contribution in [3.05, 3.63) is 39.1 Å². The quantitative estimate of drug-likeness (QED) is 0.390. The van der Waals surface area contributed by atoms with Crippen LogP contribution >= 0.6 is 11.3 Å². The minimum Gasteiger partial charge on any atom is -0.386 e. The molecule has 1 aliphatic heterocycles.